The molecule has 0 aliphatic rings. The van der Waals surface area contributed by atoms with E-state index in [2.05, 4.69) is 10.3 Å². The van der Waals surface area contributed by atoms with Gasteiger partial charge in [0.25, 0.3) is 0 Å². The number of methoxy groups -OCH3 is 3. The molecule has 35 heavy (non-hydrogen) atoms. The third-order valence-electron chi connectivity index (χ3n) is 5.76. The highest BCUT2D eigenvalue weighted by Gasteiger charge is 2.31. The molecule has 0 spiro atoms. The van der Waals surface area contributed by atoms with Crippen LogP contribution in [0.4, 0.5) is 0 Å². The second kappa shape index (κ2) is 9.84. The van der Waals surface area contributed by atoms with Crippen molar-refractivity contribution in [3.05, 3.63) is 82.4 Å². The Bertz CT molecular complexity index is 1370. The molecule has 0 amide bonds. The number of carbonyl (C=O) groups is 2. The van der Waals surface area contributed by atoms with Crippen LogP contribution in [0, 0.1) is 13.8 Å². The highest BCUT2D eigenvalue weighted by molar-refractivity contribution is 6.06. The average molecular weight is 476 g/mol. The first-order valence-electron chi connectivity index (χ1n) is 10.8. The molecule has 2 aromatic carbocycles. The summed E-state index contributed by atoms with van der Waals surface area (Å²) in [5.74, 6) is -0.0428. The lowest BCUT2D eigenvalue weighted by atomic mass is 9.98. The fourth-order valence-corrected chi connectivity index (χ4v) is 3.97. The van der Waals surface area contributed by atoms with Gasteiger partial charge in [-0.3, -0.25) is 0 Å². The third-order valence-corrected chi connectivity index (χ3v) is 5.76. The zero-order valence-electron chi connectivity index (χ0n) is 20.1. The first-order valence-corrected chi connectivity index (χ1v) is 10.8. The molecule has 0 aliphatic carbocycles. The van der Waals surface area contributed by atoms with Gasteiger partial charge in [0, 0.05) is 17.5 Å². The van der Waals surface area contributed by atoms with Crippen molar-refractivity contribution in [1.82, 2.24) is 14.9 Å². The molecule has 9 nitrogen and oxygen atoms in total. The summed E-state index contributed by atoms with van der Waals surface area (Å²) in [5, 5.41) is 8.69. The van der Waals surface area contributed by atoms with Gasteiger partial charge in [0.15, 0.2) is 5.69 Å². The predicted molar refractivity (Wildman–Crippen MR) is 127 cm³/mol. The molecule has 0 saturated carbocycles. The highest BCUT2D eigenvalue weighted by atomic mass is 16.5. The van der Waals surface area contributed by atoms with Crippen molar-refractivity contribution in [2.45, 2.75) is 20.3 Å². The Morgan fingerprint density at radius 1 is 0.971 bits per heavy atom. The number of aryl methyl sites for hydroxylation is 2. The molecule has 0 fully saturated rings. The summed E-state index contributed by atoms with van der Waals surface area (Å²) < 4.78 is 22.3. The van der Waals surface area contributed by atoms with Gasteiger partial charge in [-0.2, -0.15) is 5.10 Å². The normalized spacial score (nSPS) is 10.8. The van der Waals surface area contributed by atoms with Crippen molar-refractivity contribution in [3.63, 3.8) is 0 Å². The Kier molecular flexibility index (Phi) is 6.68. The summed E-state index contributed by atoms with van der Waals surface area (Å²) in [6, 6.07) is 14.5. The van der Waals surface area contributed by atoms with E-state index < -0.39 is 11.9 Å². The Morgan fingerprint density at radius 2 is 1.69 bits per heavy atom. The van der Waals surface area contributed by atoms with Gasteiger partial charge in [0.2, 0.25) is 0 Å². The van der Waals surface area contributed by atoms with Crippen molar-refractivity contribution < 1.29 is 28.3 Å². The number of aromatic nitrogens is 3. The van der Waals surface area contributed by atoms with Crippen molar-refractivity contribution in [3.8, 4) is 22.7 Å². The molecular formula is C26H25N3O6. The largest absolute Gasteiger partial charge is 0.496 e. The lowest BCUT2D eigenvalue weighted by Gasteiger charge is -2.11. The molecule has 180 valence electrons. The van der Waals surface area contributed by atoms with Gasteiger partial charge in [0.05, 0.1) is 32.7 Å². The molecule has 4 aromatic rings. The van der Waals surface area contributed by atoms with E-state index in [-0.39, 0.29) is 17.0 Å². The number of rotatable bonds is 7. The van der Waals surface area contributed by atoms with Gasteiger partial charge in [-0.05, 0) is 49.7 Å². The van der Waals surface area contributed by atoms with E-state index in [0.717, 1.165) is 16.8 Å². The van der Waals surface area contributed by atoms with Crippen molar-refractivity contribution in [2.24, 2.45) is 0 Å². The molecule has 4 rings (SSSR count). The predicted octanol–water partition coefficient (Wildman–Crippen LogP) is 4.32. The standard InChI is InChI=1S/C26H25N3O6/c1-15-20(16(2)35-28-15)14-18-13-17(11-12-21(18)32-3)23-22(25(30)33-4)24(26(31)34-5)29(27-23)19-9-7-6-8-10-19/h6-13H,14H2,1-5H3. The van der Waals surface area contributed by atoms with Crippen LogP contribution in [-0.4, -0.2) is 48.2 Å². The Morgan fingerprint density at radius 3 is 2.29 bits per heavy atom. The summed E-state index contributed by atoms with van der Waals surface area (Å²) in [6.07, 6.45) is 0.495. The fraction of sp³-hybridized carbons (Fsp3) is 0.231. The maximum Gasteiger partial charge on any atom is 0.357 e. The molecule has 0 aliphatic heterocycles. The number of esters is 2. The third kappa shape index (κ3) is 4.40. The maximum atomic E-state index is 12.9. The van der Waals surface area contributed by atoms with Crippen molar-refractivity contribution >= 4 is 11.9 Å². The molecule has 9 heteroatoms. The molecule has 0 radical (unpaired) electrons. The molecule has 2 heterocycles. The van der Waals surface area contributed by atoms with Crippen LogP contribution in [0.3, 0.4) is 0 Å². The number of carbonyl (C=O) groups excluding carboxylic acids is 2. The lowest BCUT2D eigenvalue weighted by Crippen LogP contribution is -2.15. The van der Waals surface area contributed by atoms with Crippen LogP contribution < -0.4 is 4.74 Å². The van der Waals surface area contributed by atoms with Gasteiger partial charge in [0.1, 0.15) is 22.8 Å². The van der Waals surface area contributed by atoms with Gasteiger partial charge in [-0.1, -0.05) is 23.4 Å². The minimum Gasteiger partial charge on any atom is -0.496 e. The molecule has 0 atom stereocenters. The number of nitrogens with zero attached hydrogens (tertiary/aromatic N) is 3. The Labute approximate surface area is 202 Å². The lowest BCUT2D eigenvalue weighted by molar-refractivity contribution is 0.0549. The topological polar surface area (TPSA) is 106 Å². The first kappa shape index (κ1) is 23.7. The number of hydrogen-bond donors (Lipinski definition) is 0. The molecular weight excluding hydrogens is 450 g/mol. The molecule has 0 bridgehead atoms. The minimum atomic E-state index is -0.711. The summed E-state index contributed by atoms with van der Waals surface area (Å²) in [6.45, 7) is 3.73. The van der Waals surface area contributed by atoms with Crippen molar-refractivity contribution in [2.75, 3.05) is 21.3 Å². The van der Waals surface area contributed by atoms with E-state index in [9.17, 15) is 9.59 Å². The Balaban J connectivity index is 1.95. The van der Waals surface area contributed by atoms with Gasteiger partial charge < -0.3 is 18.7 Å². The van der Waals surface area contributed by atoms with E-state index in [0.29, 0.717) is 29.2 Å². The van der Waals surface area contributed by atoms with Crippen LogP contribution >= 0.6 is 0 Å². The van der Waals surface area contributed by atoms with Crippen LogP contribution in [0.15, 0.2) is 53.1 Å². The van der Waals surface area contributed by atoms with E-state index >= 15 is 0 Å². The summed E-state index contributed by atoms with van der Waals surface area (Å²) in [5.41, 5.74) is 4.03. The van der Waals surface area contributed by atoms with Crippen molar-refractivity contribution in [1.29, 1.82) is 0 Å². The molecule has 0 unspecified atom stereocenters. The number of para-hydroxylation sites is 1. The molecule has 2 aromatic heterocycles. The highest BCUT2D eigenvalue weighted by Crippen LogP contribution is 2.33. The summed E-state index contributed by atoms with van der Waals surface area (Å²) in [7, 11) is 4.09. The maximum absolute atomic E-state index is 12.9. The summed E-state index contributed by atoms with van der Waals surface area (Å²) in [4.78, 5) is 25.7. The minimum absolute atomic E-state index is 0.0108. The van der Waals surface area contributed by atoms with Gasteiger partial charge in [-0.25, -0.2) is 14.3 Å². The zero-order valence-corrected chi connectivity index (χ0v) is 20.1. The first-order chi connectivity index (χ1) is 16.9. The quantitative estimate of drug-likeness (QED) is 0.364. The van der Waals surface area contributed by atoms with Crippen LogP contribution in [0.25, 0.3) is 16.9 Å². The van der Waals surface area contributed by atoms with E-state index in [1.54, 1.807) is 31.4 Å². The van der Waals surface area contributed by atoms with E-state index in [1.807, 2.05) is 38.1 Å². The summed E-state index contributed by atoms with van der Waals surface area (Å²) >= 11 is 0. The van der Waals surface area contributed by atoms with Crippen LogP contribution in [0.2, 0.25) is 0 Å². The monoisotopic (exact) mass is 475 g/mol. The van der Waals surface area contributed by atoms with E-state index in [1.165, 1.54) is 18.9 Å². The number of benzene rings is 2. The SMILES string of the molecule is COC(=O)c1c(-c2ccc(OC)c(Cc3c(C)noc3C)c2)nn(-c2ccccc2)c1C(=O)OC. The fourth-order valence-electron chi connectivity index (χ4n) is 3.97. The van der Waals surface area contributed by atoms with Crippen LogP contribution in [0.5, 0.6) is 5.75 Å². The van der Waals surface area contributed by atoms with Crippen LogP contribution in [0.1, 0.15) is 43.4 Å². The second-order valence-corrected chi connectivity index (χ2v) is 7.81. The van der Waals surface area contributed by atoms with Gasteiger partial charge >= 0.3 is 11.9 Å². The zero-order chi connectivity index (χ0) is 25.1. The van der Waals surface area contributed by atoms with E-state index in [4.69, 9.17) is 18.7 Å². The number of ether oxygens (including phenoxy) is 3. The smallest absolute Gasteiger partial charge is 0.357 e. The second-order valence-electron chi connectivity index (χ2n) is 7.81. The van der Waals surface area contributed by atoms with Gasteiger partial charge in [-0.15, -0.1) is 0 Å². The number of hydrogen-bond acceptors (Lipinski definition) is 8. The average Bonchev–Trinajstić information content (AvgIpc) is 3.44. The molecule has 0 N–H and O–H groups in total. The molecule has 0 saturated heterocycles. The van der Waals surface area contributed by atoms with Crippen LogP contribution in [-0.2, 0) is 15.9 Å². The Hall–Kier alpha value is -4.40.